The van der Waals surface area contributed by atoms with Gasteiger partial charge in [-0.15, -0.1) is 0 Å². The molecule has 2 aliphatic rings. The van der Waals surface area contributed by atoms with Crippen molar-refractivity contribution in [3.8, 4) is 0 Å². The number of hydrogen-bond donors (Lipinski definition) is 0. The third kappa shape index (κ3) is 2.13. The van der Waals surface area contributed by atoms with E-state index < -0.39 is 5.92 Å². The highest BCUT2D eigenvalue weighted by Gasteiger charge is 2.52. The first kappa shape index (κ1) is 15.2. The van der Waals surface area contributed by atoms with Crippen molar-refractivity contribution in [3.05, 3.63) is 58.6 Å². The summed E-state index contributed by atoms with van der Waals surface area (Å²) in [4.78, 5) is 29.4. The van der Waals surface area contributed by atoms with Crippen LogP contribution in [0.25, 0.3) is 0 Å². The molecule has 4 rings (SSSR count). The Morgan fingerprint density at radius 1 is 1.04 bits per heavy atom. The van der Waals surface area contributed by atoms with E-state index in [-0.39, 0.29) is 17.7 Å². The quantitative estimate of drug-likeness (QED) is 0.747. The number of carbonyl (C=O) groups is 2. The summed E-state index contributed by atoms with van der Waals surface area (Å²) in [6, 6.07) is 12.9. The summed E-state index contributed by atoms with van der Waals surface area (Å²) in [5, 5.41) is 0.580. The number of benzene rings is 2. The SMILES string of the molecule is Cc1ccc2c(c1)[C@@H]1C(=O)N(c3ccc(Cl)cc3)C(=O)[C@@H]1CN2C. The van der Waals surface area contributed by atoms with Crippen LogP contribution >= 0.6 is 11.6 Å². The van der Waals surface area contributed by atoms with Crippen LogP contribution in [-0.2, 0) is 9.59 Å². The van der Waals surface area contributed by atoms with Crippen LogP contribution < -0.4 is 9.80 Å². The number of amides is 2. The molecule has 2 heterocycles. The number of imide groups is 1. The first-order chi connectivity index (χ1) is 11.5. The van der Waals surface area contributed by atoms with E-state index in [0.717, 1.165) is 16.8 Å². The Balaban J connectivity index is 1.81. The summed E-state index contributed by atoms with van der Waals surface area (Å²) < 4.78 is 0. The molecule has 24 heavy (non-hydrogen) atoms. The number of rotatable bonds is 1. The van der Waals surface area contributed by atoms with Gasteiger partial charge in [-0.1, -0.05) is 29.3 Å². The van der Waals surface area contributed by atoms with E-state index >= 15 is 0 Å². The van der Waals surface area contributed by atoms with Gasteiger partial charge in [0.2, 0.25) is 11.8 Å². The molecular weight excluding hydrogens is 324 g/mol. The van der Waals surface area contributed by atoms with Gasteiger partial charge in [0, 0.05) is 24.3 Å². The van der Waals surface area contributed by atoms with Gasteiger partial charge in [0.1, 0.15) is 0 Å². The van der Waals surface area contributed by atoms with Crippen LogP contribution in [0.5, 0.6) is 0 Å². The molecule has 1 fully saturated rings. The van der Waals surface area contributed by atoms with Crippen molar-refractivity contribution in [1.29, 1.82) is 0 Å². The number of anilines is 2. The van der Waals surface area contributed by atoms with Crippen molar-refractivity contribution in [2.75, 3.05) is 23.4 Å². The van der Waals surface area contributed by atoms with Crippen molar-refractivity contribution < 1.29 is 9.59 Å². The molecule has 0 bridgehead atoms. The molecule has 122 valence electrons. The standard InChI is InChI=1S/C19H17ClN2O2/c1-11-3-8-16-14(9-11)17-15(10-21(16)2)18(23)22(19(17)24)13-6-4-12(20)5-7-13/h3-9,15,17H,10H2,1-2H3/t15-,17+/m1/s1. The number of hydrogen-bond acceptors (Lipinski definition) is 3. The number of aryl methyl sites for hydroxylation is 1. The number of halogens is 1. The highest BCUT2D eigenvalue weighted by atomic mass is 35.5. The van der Waals surface area contributed by atoms with Crippen LogP contribution in [0, 0.1) is 12.8 Å². The van der Waals surface area contributed by atoms with E-state index in [4.69, 9.17) is 11.6 Å². The summed E-state index contributed by atoms with van der Waals surface area (Å²) in [6.45, 7) is 2.55. The molecule has 0 radical (unpaired) electrons. The highest BCUT2D eigenvalue weighted by molar-refractivity contribution is 6.31. The van der Waals surface area contributed by atoms with Gasteiger partial charge in [0.15, 0.2) is 0 Å². The minimum absolute atomic E-state index is 0.133. The predicted molar refractivity (Wildman–Crippen MR) is 94.6 cm³/mol. The fraction of sp³-hybridized carbons (Fsp3) is 0.263. The maximum atomic E-state index is 13.1. The zero-order valence-corrected chi connectivity index (χ0v) is 14.2. The first-order valence-corrected chi connectivity index (χ1v) is 8.30. The Bertz CT molecular complexity index is 847. The summed E-state index contributed by atoms with van der Waals surface area (Å²) in [5.41, 5.74) is 3.65. The maximum Gasteiger partial charge on any atom is 0.242 e. The first-order valence-electron chi connectivity index (χ1n) is 7.92. The maximum absolute atomic E-state index is 13.1. The normalized spacial score (nSPS) is 22.6. The lowest BCUT2D eigenvalue weighted by molar-refractivity contribution is -0.122. The molecule has 0 N–H and O–H groups in total. The molecule has 2 aromatic rings. The molecule has 2 amide bonds. The van der Waals surface area contributed by atoms with E-state index in [9.17, 15) is 9.59 Å². The summed E-state index contributed by atoms with van der Waals surface area (Å²) in [5.74, 6) is -1.02. The van der Waals surface area contributed by atoms with Crippen LogP contribution in [-0.4, -0.2) is 25.4 Å². The van der Waals surface area contributed by atoms with Crippen LogP contribution in [0.4, 0.5) is 11.4 Å². The van der Waals surface area contributed by atoms with Crippen molar-refractivity contribution in [1.82, 2.24) is 0 Å². The zero-order chi connectivity index (χ0) is 17.0. The summed E-state index contributed by atoms with van der Waals surface area (Å²) in [7, 11) is 1.97. The van der Waals surface area contributed by atoms with Crippen LogP contribution in [0.15, 0.2) is 42.5 Å². The molecule has 4 nitrogen and oxygen atoms in total. The molecular formula is C19H17ClN2O2. The fourth-order valence-electron chi connectivity index (χ4n) is 3.77. The summed E-state index contributed by atoms with van der Waals surface area (Å²) >= 11 is 5.92. The third-order valence-corrected chi connectivity index (χ3v) is 5.16. The largest absolute Gasteiger partial charge is 0.374 e. The second-order valence-corrected chi connectivity index (χ2v) is 6.95. The van der Waals surface area contributed by atoms with E-state index in [1.54, 1.807) is 24.3 Å². The monoisotopic (exact) mass is 340 g/mol. The minimum atomic E-state index is -0.403. The number of fused-ring (bicyclic) bond motifs is 3. The molecule has 2 aromatic carbocycles. The van der Waals surface area contributed by atoms with Crippen molar-refractivity contribution in [2.24, 2.45) is 5.92 Å². The van der Waals surface area contributed by atoms with Gasteiger partial charge in [0.25, 0.3) is 0 Å². The van der Waals surface area contributed by atoms with Gasteiger partial charge < -0.3 is 4.90 Å². The molecule has 2 atom stereocenters. The number of carbonyl (C=O) groups excluding carboxylic acids is 2. The fourth-order valence-corrected chi connectivity index (χ4v) is 3.90. The Hall–Kier alpha value is -2.33. The van der Waals surface area contributed by atoms with E-state index in [0.29, 0.717) is 17.3 Å². The van der Waals surface area contributed by atoms with Gasteiger partial charge in [-0.3, -0.25) is 9.59 Å². The van der Waals surface area contributed by atoms with Crippen molar-refractivity contribution in [3.63, 3.8) is 0 Å². The molecule has 0 saturated carbocycles. The number of nitrogens with zero attached hydrogens (tertiary/aromatic N) is 2. The van der Waals surface area contributed by atoms with Gasteiger partial charge in [0.05, 0.1) is 17.5 Å². The summed E-state index contributed by atoms with van der Waals surface area (Å²) in [6.07, 6.45) is 0. The topological polar surface area (TPSA) is 40.6 Å². The second-order valence-electron chi connectivity index (χ2n) is 6.52. The lowest BCUT2D eigenvalue weighted by Gasteiger charge is -2.33. The molecule has 2 aliphatic heterocycles. The van der Waals surface area contributed by atoms with Crippen LogP contribution in [0.2, 0.25) is 5.02 Å². The van der Waals surface area contributed by atoms with Crippen molar-refractivity contribution in [2.45, 2.75) is 12.8 Å². The molecule has 0 unspecified atom stereocenters. The molecule has 0 aromatic heterocycles. The Morgan fingerprint density at radius 2 is 1.75 bits per heavy atom. The highest BCUT2D eigenvalue weighted by Crippen LogP contribution is 2.45. The van der Waals surface area contributed by atoms with Gasteiger partial charge in [-0.2, -0.15) is 0 Å². The van der Waals surface area contributed by atoms with Crippen LogP contribution in [0.3, 0.4) is 0 Å². The second kappa shape index (κ2) is 5.35. The average molecular weight is 341 g/mol. The Labute approximate surface area is 145 Å². The Kier molecular flexibility index (Phi) is 3.39. The van der Waals surface area contributed by atoms with E-state index in [2.05, 4.69) is 4.90 Å². The van der Waals surface area contributed by atoms with E-state index in [1.807, 2.05) is 32.2 Å². The van der Waals surface area contributed by atoms with Crippen molar-refractivity contribution >= 4 is 34.8 Å². The average Bonchev–Trinajstić information content (AvgIpc) is 2.79. The smallest absolute Gasteiger partial charge is 0.242 e. The van der Waals surface area contributed by atoms with E-state index in [1.165, 1.54) is 4.90 Å². The molecule has 0 aliphatic carbocycles. The minimum Gasteiger partial charge on any atom is -0.374 e. The molecule has 1 saturated heterocycles. The van der Waals surface area contributed by atoms with Crippen LogP contribution in [0.1, 0.15) is 17.0 Å². The third-order valence-electron chi connectivity index (χ3n) is 4.91. The van der Waals surface area contributed by atoms with Gasteiger partial charge in [-0.05, 0) is 42.8 Å². The zero-order valence-electron chi connectivity index (χ0n) is 13.5. The van der Waals surface area contributed by atoms with Gasteiger partial charge >= 0.3 is 0 Å². The lowest BCUT2D eigenvalue weighted by atomic mass is 9.82. The molecule has 5 heteroatoms. The Morgan fingerprint density at radius 3 is 2.46 bits per heavy atom. The predicted octanol–water partition coefficient (Wildman–Crippen LogP) is 3.37. The van der Waals surface area contributed by atoms with Gasteiger partial charge in [-0.25, -0.2) is 4.90 Å². The molecule has 0 spiro atoms. The lowest BCUT2D eigenvalue weighted by Crippen LogP contribution is -2.37.